The van der Waals surface area contributed by atoms with E-state index in [0.717, 1.165) is 59.5 Å². The number of rotatable bonds is 3. The van der Waals surface area contributed by atoms with Gasteiger partial charge in [-0.15, -0.1) is 0 Å². The number of hydrogen-bond acceptors (Lipinski definition) is 5. The van der Waals surface area contributed by atoms with Gasteiger partial charge in [-0.25, -0.2) is 4.79 Å². The van der Waals surface area contributed by atoms with Crippen molar-refractivity contribution in [2.24, 2.45) is 0 Å². The van der Waals surface area contributed by atoms with Crippen molar-refractivity contribution in [2.75, 3.05) is 26.3 Å². The van der Waals surface area contributed by atoms with Crippen LogP contribution in [0.3, 0.4) is 0 Å². The highest BCUT2D eigenvalue weighted by molar-refractivity contribution is 9.10. The standard InChI is InChI=1S/C23H26BrN3O3/c1-23(2,3)30-22(28)27-20-8-7-18(24)14-19(20)21(25-27)17-6-4-5-16(13-17)15-26-9-11-29-12-10-26/h4-8,13-14H,9-12,15H2,1-3H3. The third-order valence-corrected chi connectivity index (χ3v) is 5.41. The van der Waals surface area contributed by atoms with Gasteiger partial charge in [-0.3, -0.25) is 4.90 Å². The zero-order valence-corrected chi connectivity index (χ0v) is 19.1. The van der Waals surface area contributed by atoms with E-state index in [9.17, 15) is 4.79 Å². The van der Waals surface area contributed by atoms with Crippen LogP contribution < -0.4 is 0 Å². The van der Waals surface area contributed by atoms with Crippen molar-refractivity contribution in [3.05, 3.63) is 52.5 Å². The predicted octanol–water partition coefficient (Wildman–Crippen LogP) is 5.08. The summed E-state index contributed by atoms with van der Waals surface area (Å²) in [6, 6.07) is 14.1. The Hall–Kier alpha value is -2.22. The number of halogens is 1. The van der Waals surface area contributed by atoms with Crippen molar-refractivity contribution >= 4 is 32.9 Å². The van der Waals surface area contributed by atoms with Gasteiger partial charge in [0.05, 0.1) is 18.7 Å². The smallest absolute Gasteiger partial charge is 0.435 e. The van der Waals surface area contributed by atoms with E-state index in [1.807, 2.05) is 51.1 Å². The third-order valence-electron chi connectivity index (χ3n) is 4.92. The Bertz CT molecular complexity index is 1070. The number of ether oxygens (including phenoxy) is 2. The van der Waals surface area contributed by atoms with Crippen molar-refractivity contribution in [1.82, 2.24) is 14.7 Å². The number of hydrogen-bond donors (Lipinski definition) is 0. The average Bonchev–Trinajstić information content (AvgIpc) is 3.06. The molecule has 158 valence electrons. The lowest BCUT2D eigenvalue weighted by Crippen LogP contribution is -2.35. The van der Waals surface area contributed by atoms with Crippen LogP contribution in [0.25, 0.3) is 22.2 Å². The Labute approximate surface area is 184 Å². The molecule has 0 aliphatic carbocycles. The zero-order chi connectivity index (χ0) is 21.3. The van der Waals surface area contributed by atoms with Gasteiger partial charge in [0.2, 0.25) is 0 Å². The number of nitrogens with zero attached hydrogens (tertiary/aromatic N) is 3. The lowest BCUT2D eigenvalue weighted by atomic mass is 10.0. The van der Waals surface area contributed by atoms with Crippen molar-refractivity contribution in [3.63, 3.8) is 0 Å². The van der Waals surface area contributed by atoms with Gasteiger partial charge in [-0.1, -0.05) is 34.1 Å². The topological polar surface area (TPSA) is 56.6 Å². The normalized spacial score (nSPS) is 15.5. The molecule has 1 aliphatic heterocycles. The summed E-state index contributed by atoms with van der Waals surface area (Å²) in [6.45, 7) is 9.85. The Balaban J connectivity index is 1.72. The molecule has 0 atom stereocenters. The summed E-state index contributed by atoms with van der Waals surface area (Å²) in [5, 5.41) is 5.56. The van der Waals surface area contributed by atoms with Gasteiger partial charge in [0.1, 0.15) is 11.3 Å². The number of benzene rings is 2. The number of fused-ring (bicyclic) bond motifs is 1. The first-order chi connectivity index (χ1) is 14.3. The molecule has 7 heteroatoms. The van der Waals surface area contributed by atoms with E-state index in [1.165, 1.54) is 10.2 Å². The molecule has 0 unspecified atom stereocenters. The summed E-state index contributed by atoms with van der Waals surface area (Å²) in [5.41, 5.74) is 3.08. The quantitative estimate of drug-likeness (QED) is 0.532. The second-order valence-corrected chi connectivity index (χ2v) is 9.41. The lowest BCUT2D eigenvalue weighted by Gasteiger charge is -2.26. The maximum atomic E-state index is 12.8. The molecule has 1 aromatic heterocycles. The van der Waals surface area contributed by atoms with Gasteiger partial charge in [0.25, 0.3) is 0 Å². The van der Waals surface area contributed by atoms with Crippen LogP contribution in [0.4, 0.5) is 4.79 Å². The Morgan fingerprint density at radius 1 is 1.17 bits per heavy atom. The first kappa shape index (κ1) is 21.0. The Morgan fingerprint density at radius 3 is 2.67 bits per heavy atom. The molecule has 2 aromatic carbocycles. The third kappa shape index (κ3) is 4.74. The van der Waals surface area contributed by atoms with Crippen molar-refractivity contribution < 1.29 is 14.3 Å². The van der Waals surface area contributed by atoms with Gasteiger partial charge >= 0.3 is 6.09 Å². The summed E-state index contributed by atoms with van der Waals surface area (Å²) < 4.78 is 13.3. The predicted molar refractivity (Wildman–Crippen MR) is 121 cm³/mol. The maximum absolute atomic E-state index is 12.8. The Morgan fingerprint density at radius 2 is 1.93 bits per heavy atom. The highest BCUT2D eigenvalue weighted by Crippen LogP contribution is 2.31. The highest BCUT2D eigenvalue weighted by atomic mass is 79.9. The summed E-state index contributed by atoms with van der Waals surface area (Å²) in [4.78, 5) is 15.2. The van der Waals surface area contributed by atoms with Crippen molar-refractivity contribution in [3.8, 4) is 11.3 Å². The molecule has 4 rings (SSSR count). The van der Waals surface area contributed by atoms with Crippen LogP contribution in [-0.2, 0) is 16.0 Å². The minimum atomic E-state index is -0.594. The molecule has 1 saturated heterocycles. The second kappa shape index (κ2) is 8.49. The number of aromatic nitrogens is 2. The summed E-state index contributed by atoms with van der Waals surface area (Å²) in [6.07, 6.45) is -0.481. The molecule has 0 amide bonds. The minimum Gasteiger partial charge on any atom is -0.442 e. The second-order valence-electron chi connectivity index (χ2n) is 8.49. The van der Waals surface area contributed by atoms with E-state index in [0.29, 0.717) is 0 Å². The molecule has 0 bridgehead atoms. The van der Waals surface area contributed by atoms with Crippen LogP contribution in [-0.4, -0.2) is 52.7 Å². The summed E-state index contributed by atoms with van der Waals surface area (Å²) in [5.74, 6) is 0. The fraction of sp³-hybridized carbons (Fsp3) is 0.391. The number of carbonyl (C=O) groups is 1. The SMILES string of the molecule is CC(C)(C)OC(=O)n1nc(-c2cccc(CN3CCOCC3)c2)c2cc(Br)ccc21. The number of carbonyl (C=O) groups excluding carboxylic acids is 1. The van der Waals surface area contributed by atoms with Crippen LogP contribution in [0.15, 0.2) is 46.9 Å². The molecular formula is C23H26BrN3O3. The van der Waals surface area contributed by atoms with Crippen LogP contribution in [0.5, 0.6) is 0 Å². The molecule has 1 aliphatic rings. The van der Waals surface area contributed by atoms with E-state index < -0.39 is 11.7 Å². The molecule has 1 fully saturated rings. The monoisotopic (exact) mass is 471 g/mol. The molecule has 30 heavy (non-hydrogen) atoms. The first-order valence-electron chi connectivity index (χ1n) is 10.1. The van der Waals surface area contributed by atoms with Crippen LogP contribution in [0, 0.1) is 0 Å². The Kier molecular flexibility index (Phi) is 5.95. The highest BCUT2D eigenvalue weighted by Gasteiger charge is 2.23. The van der Waals surface area contributed by atoms with E-state index >= 15 is 0 Å². The maximum Gasteiger partial charge on any atom is 0.435 e. The molecule has 0 radical (unpaired) electrons. The van der Waals surface area contributed by atoms with E-state index in [2.05, 4.69) is 38.1 Å². The van der Waals surface area contributed by atoms with E-state index in [-0.39, 0.29) is 0 Å². The van der Waals surface area contributed by atoms with Crippen LogP contribution in [0.2, 0.25) is 0 Å². The van der Waals surface area contributed by atoms with E-state index in [4.69, 9.17) is 9.47 Å². The molecule has 0 saturated carbocycles. The first-order valence-corrected chi connectivity index (χ1v) is 10.9. The summed E-state index contributed by atoms with van der Waals surface area (Å²) >= 11 is 3.54. The molecule has 3 aromatic rings. The summed E-state index contributed by atoms with van der Waals surface area (Å²) in [7, 11) is 0. The van der Waals surface area contributed by atoms with Crippen LogP contribution >= 0.6 is 15.9 Å². The minimum absolute atomic E-state index is 0.481. The van der Waals surface area contributed by atoms with Crippen LogP contribution in [0.1, 0.15) is 26.3 Å². The van der Waals surface area contributed by atoms with Crippen molar-refractivity contribution in [2.45, 2.75) is 32.9 Å². The average molecular weight is 472 g/mol. The fourth-order valence-electron chi connectivity index (χ4n) is 3.58. The van der Waals surface area contributed by atoms with Gasteiger partial charge < -0.3 is 9.47 Å². The largest absolute Gasteiger partial charge is 0.442 e. The molecule has 6 nitrogen and oxygen atoms in total. The molecular weight excluding hydrogens is 446 g/mol. The van der Waals surface area contributed by atoms with Gasteiger partial charge in [0.15, 0.2) is 0 Å². The van der Waals surface area contributed by atoms with Gasteiger partial charge in [-0.05, 0) is 50.6 Å². The molecule has 0 N–H and O–H groups in total. The molecule has 0 spiro atoms. The lowest BCUT2D eigenvalue weighted by molar-refractivity contribution is 0.0342. The van der Waals surface area contributed by atoms with Gasteiger partial charge in [0, 0.05) is 35.1 Å². The number of morpholine rings is 1. The van der Waals surface area contributed by atoms with Crippen molar-refractivity contribution in [1.29, 1.82) is 0 Å². The van der Waals surface area contributed by atoms with E-state index in [1.54, 1.807) is 0 Å². The van der Waals surface area contributed by atoms with Gasteiger partial charge in [-0.2, -0.15) is 9.78 Å². The molecule has 2 heterocycles. The fourth-order valence-corrected chi connectivity index (χ4v) is 3.94. The zero-order valence-electron chi connectivity index (χ0n) is 17.5.